The van der Waals surface area contributed by atoms with E-state index in [1.54, 1.807) is 18.2 Å². The molecule has 1 saturated heterocycles. The van der Waals surface area contributed by atoms with Gasteiger partial charge in [0.2, 0.25) is 5.91 Å². The van der Waals surface area contributed by atoms with E-state index in [2.05, 4.69) is 10.3 Å². The van der Waals surface area contributed by atoms with Crippen LogP contribution in [0.4, 0.5) is 18.0 Å². The highest BCUT2D eigenvalue weighted by Gasteiger charge is 2.31. The Hall–Kier alpha value is -3.07. The minimum absolute atomic E-state index is 0.125. The first-order chi connectivity index (χ1) is 13.9. The molecule has 2 aromatic carbocycles. The molecule has 2 heterocycles. The summed E-state index contributed by atoms with van der Waals surface area (Å²) in [5, 5.41) is 1.96. The number of aromatic nitrogens is 1. The Labute approximate surface area is 167 Å². The average Bonchev–Trinajstić information content (AvgIpc) is 3.00. The van der Waals surface area contributed by atoms with Gasteiger partial charge >= 0.3 is 0 Å². The van der Waals surface area contributed by atoms with Crippen molar-refractivity contribution in [2.75, 3.05) is 0 Å². The van der Waals surface area contributed by atoms with Crippen molar-refractivity contribution in [1.29, 1.82) is 0 Å². The molecule has 1 aliphatic heterocycles. The number of nitrogens with one attached hydrogen (secondary N) is 1. The topological polar surface area (TPSA) is 68.3 Å². The van der Waals surface area contributed by atoms with Crippen molar-refractivity contribution in [2.24, 2.45) is 0 Å². The molecule has 2 amide bonds. The highest BCUT2D eigenvalue weighted by molar-refractivity contribution is 8.15. The summed E-state index contributed by atoms with van der Waals surface area (Å²) in [5.74, 6) is -2.66. The molecule has 4 rings (SSSR count). The molecule has 29 heavy (non-hydrogen) atoms. The Bertz CT molecular complexity index is 1130. The standard InChI is InChI=1S/C20H13F3N2O3S/c21-14-3-1-2-13(17(14)22)18(23)28-12-6-7-15-10(8-12)4-5-11(24-15)9-16-19(26)25-20(27)29-16/h1-8,16,18H,9H2,(H,25,26,27). The van der Waals surface area contributed by atoms with Crippen LogP contribution in [0.25, 0.3) is 10.9 Å². The van der Waals surface area contributed by atoms with Gasteiger partial charge in [0.1, 0.15) is 5.75 Å². The summed E-state index contributed by atoms with van der Waals surface area (Å²) in [6.07, 6.45) is -1.88. The van der Waals surface area contributed by atoms with Gasteiger partial charge in [-0.3, -0.25) is 19.9 Å². The molecule has 9 heteroatoms. The minimum atomic E-state index is -2.18. The summed E-state index contributed by atoms with van der Waals surface area (Å²) in [7, 11) is 0. The van der Waals surface area contributed by atoms with Gasteiger partial charge in [0.25, 0.3) is 11.6 Å². The lowest BCUT2D eigenvalue weighted by atomic mass is 10.1. The van der Waals surface area contributed by atoms with Gasteiger partial charge < -0.3 is 4.74 Å². The van der Waals surface area contributed by atoms with Crippen molar-refractivity contribution in [3.05, 3.63) is 71.4 Å². The number of fused-ring (bicyclic) bond motifs is 1. The number of amides is 2. The highest BCUT2D eigenvalue weighted by atomic mass is 32.2. The number of alkyl halides is 1. The van der Waals surface area contributed by atoms with Crippen molar-refractivity contribution in [1.82, 2.24) is 10.3 Å². The number of halogens is 3. The molecule has 148 valence electrons. The number of nitrogens with zero attached hydrogens (tertiary/aromatic N) is 1. The van der Waals surface area contributed by atoms with Crippen molar-refractivity contribution in [2.45, 2.75) is 18.0 Å². The molecule has 2 unspecified atom stereocenters. The highest BCUT2D eigenvalue weighted by Crippen LogP contribution is 2.29. The van der Waals surface area contributed by atoms with Gasteiger partial charge in [-0.1, -0.05) is 23.9 Å². The van der Waals surface area contributed by atoms with Crippen molar-refractivity contribution >= 4 is 33.8 Å². The normalized spacial score (nSPS) is 17.4. The fourth-order valence-corrected chi connectivity index (χ4v) is 3.77. The number of ether oxygens (including phenoxy) is 1. The van der Waals surface area contributed by atoms with E-state index in [1.165, 1.54) is 18.2 Å². The Morgan fingerprint density at radius 3 is 2.72 bits per heavy atom. The molecule has 0 aliphatic carbocycles. The number of benzene rings is 2. The summed E-state index contributed by atoms with van der Waals surface area (Å²) in [5.41, 5.74) is 0.677. The number of carbonyl (C=O) groups is 2. The zero-order valence-electron chi connectivity index (χ0n) is 14.7. The fourth-order valence-electron chi connectivity index (χ4n) is 2.93. The van der Waals surface area contributed by atoms with E-state index in [1.807, 2.05) is 0 Å². The van der Waals surface area contributed by atoms with E-state index in [9.17, 15) is 22.8 Å². The lowest BCUT2D eigenvalue weighted by Gasteiger charge is -2.13. The summed E-state index contributed by atoms with van der Waals surface area (Å²) >= 11 is 0.925. The maximum Gasteiger partial charge on any atom is 0.286 e. The Morgan fingerprint density at radius 1 is 1.14 bits per heavy atom. The number of rotatable bonds is 5. The average molecular weight is 418 g/mol. The minimum Gasteiger partial charge on any atom is -0.456 e. The van der Waals surface area contributed by atoms with Crippen molar-refractivity contribution in [3.8, 4) is 5.75 Å². The zero-order valence-corrected chi connectivity index (χ0v) is 15.5. The predicted molar refractivity (Wildman–Crippen MR) is 101 cm³/mol. The lowest BCUT2D eigenvalue weighted by molar-refractivity contribution is -0.118. The van der Waals surface area contributed by atoms with Gasteiger partial charge in [-0.2, -0.15) is 4.39 Å². The van der Waals surface area contributed by atoms with Crippen LogP contribution < -0.4 is 10.1 Å². The SMILES string of the molecule is O=C1NC(=O)C(Cc2ccc3cc(OC(F)c4cccc(F)c4F)ccc3n2)S1. The number of imide groups is 1. The second-order valence-electron chi connectivity index (χ2n) is 6.32. The van der Waals surface area contributed by atoms with E-state index in [4.69, 9.17) is 4.74 Å². The number of hydrogen-bond donors (Lipinski definition) is 1. The van der Waals surface area contributed by atoms with Gasteiger partial charge in [0.05, 0.1) is 16.3 Å². The third-order valence-electron chi connectivity index (χ3n) is 4.35. The zero-order chi connectivity index (χ0) is 20.5. The van der Waals surface area contributed by atoms with Gasteiger partial charge in [-0.15, -0.1) is 0 Å². The first kappa shape index (κ1) is 19.3. The van der Waals surface area contributed by atoms with Crippen LogP contribution in [0.1, 0.15) is 17.6 Å². The maximum atomic E-state index is 14.3. The number of hydrogen-bond acceptors (Lipinski definition) is 5. The molecule has 0 bridgehead atoms. The van der Waals surface area contributed by atoms with Crippen LogP contribution in [-0.4, -0.2) is 21.4 Å². The Morgan fingerprint density at radius 2 is 1.97 bits per heavy atom. The van der Waals surface area contributed by atoms with Crippen LogP contribution in [0.2, 0.25) is 0 Å². The fraction of sp³-hybridized carbons (Fsp3) is 0.150. The van der Waals surface area contributed by atoms with E-state index in [0.29, 0.717) is 23.0 Å². The Kier molecular flexibility index (Phi) is 5.14. The number of carbonyl (C=O) groups excluding carboxylic acids is 2. The van der Waals surface area contributed by atoms with Crippen LogP contribution in [0.3, 0.4) is 0 Å². The Balaban J connectivity index is 1.52. The largest absolute Gasteiger partial charge is 0.456 e. The predicted octanol–water partition coefficient (Wildman–Crippen LogP) is 4.45. The quantitative estimate of drug-likeness (QED) is 0.663. The molecule has 5 nitrogen and oxygen atoms in total. The van der Waals surface area contributed by atoms with Crippen LogP contribution in [0, 0.1) is 11.6 Å². The third-order valence-corrected chi connectivity index (χ3v) is 5.33. The van der Waals surface area contributed by atoms with Gasteiger partial charge in [0.15, 0.2) is 11.6 Å². The summed E-state index contributed by atoms with van der Waals surface area (Å²) in [6.45, 7) is 0. The van der Waals surface area contributed by atoms with E-state index < -0.39 is 28.8 Å². The summed E-state index contributed by atoms with van der Waals surface area (Å²) in [4.78, 5) is 27.4. The van der Waals surface area contributed by atoms with Crippen molar-refractivity contribution in [3.63, 3.8) is 0 Å². The second-order valence-corrected chi connectivity index (χ2v) is 7.50. The van der Waals surface area contributed by atoms with E-state index in [0.717, 1.165) is 23.9 Å². The van der Waals surface area contributed by atoms with Crippen LogP contribution in [0.15, 0.2) is 48.5 Å². The molecule has 1 aliphatic rings. The second kappa shape index (κ2) is 7.75. The molecule has 1 N–H and O–H groups in total. The molecule has 0 radical (unpaired) electrons. The molecule has 1 aromatic heterocycles. The summed E-state index contributed by atoms with van der Waals surface area (Å²) in [6, 6.07) is 11.2. The molecular formula is C20H13F3N2O3S. The number of pyridine rings is 1. The lowest BCUT2D eigenvalue weighted by Crippen LogP contribution is -2.25. The van der Waals surface area contributed by atoms with Gasteiger partial charge in [-0.25, -0.2) is 8.78 Å². The molecule has 1 fully saturated rings. The molecule has 0 spiro atoms. The summed E-state index contributed by atoms with van der Waals surface area (Å²) < 4.78 is 46.4. The van der Waals surface area contributed by atoms with E-state index in [-0.39, 0.29) is 16.9 Å². The van der Waals surface area contributed by atoms with Crippen LogP contribution >= 0.6 is 11.8 Å². The van der Waals surface area contributed by atoms with E-state index >= 15 is 0 Å². The molecule has 2 atom stereocenters. The molecule has 0 saturated carbocycles. The maximum absolute atomic E-state index is 14.3. The molecular weight excluding hydrogens is 405 g/mol. The van der Waals surface area contributed by atoms with Crippen LogP contribution in [-0.2, 0) is 11.2 Å². The molecule has 3 aromatic rings. The van der Waals surface area contributed by atoms with Crippen LogP contribution in [0.5, 0.6) is 5.75 Å². The van der Waals surface area contributed by atoms with Crippen molar-refractivity contribution < 1.29 is 27.5 Å². The monoisotopic (exact) mass is 418 g/mol. The smallest absolute Gasteiger partial charge is 0.286 e. The van der Waals surface area contributed by atoms with Gasteiger partial charge in [0, 0.05) is 17.5 Å². The van der Waals surface area contributed by atoms with Gasteiger partial charge in [-0.05, 0) is 36.4 Å². The first-order valence-corrected chi connectivity index (χ1v) is 9.44. The third kappa shape index (κ3) is 4.04. The number of thioether (sulfide) groups is 1. The first-order valence-electron chi connectivity index (χ1n) is 8.56.